The minimum absolute atomic E-state index is 0. The van der Waals surface area contributed by atoms with Crippen LogP contribution in [0.4, 0.5) is 0 Å². The third kappa shape index (κ3) is 10.3. The third-order valence-electron chi connectivity index (χ3n) is 3.03. The zero-order valence-corrected chi connectivity index (χ0v) is 15.9. The molecule has 0 radical (unpaired) electrons. The molecule has 0 spiro atoms. The summed E-state index contributed by atoms with van der Waals surface area (Å²) in [5.41, 5.74) is 0. The first-order chi connectivity index (χ1) is 7.81. The zero-order chi connectivity index (χ0) is 13.4. The van der Waals surface area contributed by atoms with E-state index in [0.29, 0.717) is 6.42 Å². The van der Waals surface area contributed by atoms with Crippen LogP contribution < -0.4 is 51.4 Å². The molecule has 0 bridgehead atoms. The van der Waals surface area contributed by atoms with Gasteiger partial charge in [-0.25, -0.2) is 8.42 Å². The number of unbranched alkanes of at least 4 members (excludes halogenated alkanes) is 7. The van der Waals surface area contributed by atoms with Crippen LogP contribution in [-0.2, 0) is 10.1 Å². The van der Waals surface area contributed by atoms with Crippen molar-refractivity contribution < 1.29 is 69.5 Å². The van der Waals surface area contributed by atoms with Gasteiger partial charge in [0.1, 0.15) is 10.1 Å². The van der Waals surface area contributed by atoms with Crippen molar-refractivity contribution in [3.63, 3.8) is 0 Å². The van der Waals surface area contributed by atoms with E-state index in [1.807, 2.05) is 0 Å². The molecule has 0 aliphatic carbocycles. The molecule has 0 aromatic rings. The second-order valence-electron chi connectivity index (χ2n) is 4.85. The summed E-state index contributed by atoms with van der Waals surface area (Å²) in [6.07, 6.45) is 8.64. The largest absolute Gasteiger partial charge is 1.00 e. The van der Waals surface area contributed by atoms with Crippen molar-refractivity contribution in [3.05, 3.63) is 0 Å². The van der Waals surface area contributed by atoms with Gasteiger partial charge < -0.3 is 9.66 Å². The Labute approximate surface area is 154 Å². The molecule has 6 heteroatoms. The molecule has 1 unspecified atom stereocenters. The van der Waals surface area contributed by atoms with Gasteiger partial charge in [-0.15, -0.1) is 0 Å². The van der Waals surface area contributed by atoms with Crippen LogP contribution in [0.5, 0.6) is 0 Å². The Morgan fingerprint density at radius 1 is 1.00 bits per heavy atom. The van der Waals surface area contributed by atoms with E-state index in [0.717, 1.165) is 26.2 Å². The van der Waals surface area contributed by atoms with Crippen LogP contribution in [0, 0.1) is 0 Å². The van der Waals surface area contributed by atoms with Gasteiger partial charge in [0.2, 0.25) is 0 Å². The van der Waals surface area contributed by atoms with Gasteiger partial charge in [-0.05, 0) is 19.8 Å². The number of aliphatic hydroxyl groups is 1. The first kappa shape index (κ1) is 21.8. The second-order valence-corrected chi connectivity index (χ2v) is 6.64. The molecule has 0 aromatic heterocycles. The molecule has 0 amide bonds. The van der Waals surface area contributed by atoms with E-state index >= 15 is 0 Å². The van der Waals surface area contributed by atoms with Crippen molar-refractivity contribution in [3.8, 4) is 0 Å². The van der Waals surface area contributed by atoms with Crippen LogP contribution in [0.1, 0.15) is 71.6 Å². The van der Waals surface area contributed by atoms with Crippen LogP contribution in [0.15, 0.2) is 0 Å². The summed E-state index contributed by atoms with van der Waals surface area (Å²) in [7, 11) is -4.60. The van der Waals surface area contributed by atoms with Gasteiger partial charge in [0.15, 0.2) is 4.93 Å². The summed E-state index contributed by atoms with van der Waals surface area (Å²) >= 11 is 0. The monoisotopic (exact) mass is 304 g/mol. The minimum Gasteiger partial charge on any atom is -0.746 e. The van der Waals surface area contributed by atoms with Gasteiger partial charge in [0, 0.05) is 0 Å². The molecule has 0 saturated carbocycles. The first-order valence-corrected chi connectivity index (χ1v) is 7.90. The van der Waals surface area contributed by atoms with Crippen LogP contribution in [0.3, 0.4) is 0 Å². The molecule has 0 fully saturated rings. The molecule has 0 saturated heterocycles. The van der Waals surface area contributed by atoms with E-state index in [9.17, 15) is 18.1 Å². The summed E-state index contributed by atoms with van der Waals surface area (Å²) in [5, 5.41) is 9.42. The maximum absolute atomic E-state index is 10.7. The van der Waals surface area contributed by atoms with Crippen LogP contribution in [-0.4, -0.2) is 23.0 Å². The summed E-state index contributed by atoms with van der Waals surface area (Å²) in [5.74, 6) is 0. The fourth-order valence-corrected chi connectivity index (χ4v) is 2.11. The second kappa shape index (κ2) is 11.2. The first-order valence-electron chi connectivity index (χ1n) is 6.49. The fourth-order valence-electron chi connectivity index (χ4n) is 1.71. The SMILES string of the molecule is CCCCCCCCCCC(C)(O)S(=O)(=O)[O-].[K+]. The van der Waals surface area contributed by atoms with Crippen molar-refractivity contribution in [1.82, 2.24) is 0 Å². The summed E-state index contributed by atoms with van der Waals surface area (Å²) in [4.78, 5) is -2.10. The third-order valence-corrected chi connectivity index (χ3v) is 4.31. The Balaban J connectivity index is 0. The summed E-state index contributed by atoms with van der Waals surface area (Å²) < 4.78 is 32.1. The molecule has 4 nitrogen and oxygen atoms in total. The molecule has 1 N–H and O–H groups in total. The van der Waals surface area contributed by atoms with Gasteiger partial charge in [0.05, 0.1) is 0 Å². The van der Waals surface area contributed by atoms with E-state index in [1.165, 1.54) is 25.7 Å². The molecule has 18 heavy (non-hydrogen) atoms. The molecule has 0 heterocycles. The van der Waals surface area contributed by atoms with Crippen molar-refractivity contribution in [2.45, 2.75) is 76.6 Å². The molecule has 0 aromatic carbocycles. The molecule has 0 aliphatic rings. The minimum atomic E-state index is -4.60. The van der Waals surface area contributed by atoms with Gasteiger partial charge in [-0.2, -0.15) is 0 Å². The van der Waals surface area contributed by atoms with E-state index in [1.54, 1.807) is 0 Å². The molecular weight excluding hydrogens is 279 g/mol. The smallest absolute Gasteiger partial charge is 0.746 e. The molecule has 0 rings (SSSR count). The summed E-state index contributed by atoms with van der Waals surface area (Å²) in [6, 6.07) is 0. The van der Waals surface area contributed by atoms with Crippen molar-refractivity contribution in [2.24, 2.45) is 0 Å². The Hall–Kier alpha value is 1.51. The van der Waals surface area contributed by atoms with Crippen molar-refractivity contribution in [2.75, 3.05) is 0 Å². The number of hydrogen-bond acceptors (Lipinski definition) is 4. The van der Waals surface area contributed by atoms with Crippen LogP contribution in [0.25, 0.3) is 0 Å². The predicted octanol–water partition coefficient (Wildman–Crippen LogP) is -0.225. The summed E-state index contributed by atoms with van der Waals surface area (Å²) in [6.45, 7) is 3.25. The van der Waals surface area contributed by atoms with Gasteiger partial charge in [0.25, 0.3) is 0 Å². The van der Waals surface area contributed by atoms with E-state index in [-0.39, 0.29) is 57.8 Å². The maximum Gasteiger partial charge on any atom is 1.00 e. The van der Waals surface area contributed by atoms with Gasteiger partial charge in [-0.1, -0.05) is 51.9 Å². The van der Waals surface area contributed by atoms with Crippen molar-refractivity contribution >= 4 is 10.1 Å². The van der Waals surface area contributed by atoms with Gasteiger partial charge >= 0.3 is 51.4 Å². The number of hydrogen-bond donors (Lipinski definition) is 1. The Kier molecular flexibility index (Phi) is 13.6. The van der Waals surface area contributed by atoms with E-state index in [2.05, 4.69) is 6.92 Å². The standard InChI is InChI=1S/C12H26O4S.K/c1-3-4-5-6-7-8-9-10-11-12(2,13)17(14,15)16;/h13H,3-11H2,1-2H3,(H,14,15,16);/q;+1/p-1. The van der Waals surface area contributed by atoms with Gasteiger partial charge in [-0.3, -0.25) is 0 Å². The average molecular weight is 304 g/mol. The quantitative estimate of drug-likeness (QED) is 0.344. The van der Waals surface area contributed by atoms with E-state index in [4.69, 9.17) is 0 Å². The molecular formula is C12H25KO4S. The predicted molar refractivity (Wildman–Crippen MR) is 67.5 cm³/mol. The normalized spacial score (nSPS) is 14.9. The average Bonchev–Trinajstić information content (AvgIpc) is 2.20. The van der Waals surface area contributed by atoms with Crippen LogP contribution in [0.2, 0.25) is 0 Å². The maximum atomic E-state index is 10.7. The Morgan fingerprint density at radius 2 is 1.39 bits per heavy atom. The Bertz CT molecular complexity index is 288. The van der Waals surface area contributed by atoms with E-state index < -0.39 is 15.1 Å². The molecule has 104 valence electrons. The fraction of sp³-hybridized carbons (Fsp3) is 1.00. The molecule has 0 aliphatic heterocycles. The zero-order valence-electron chi connectivity index (χ0n) is 11.9. The number of rotatable bonds is 10. The molecule has 1 atom stereocenters. The Morgan fingerprint density at radius 3 is 1.78 bits per heavy atom. The van der Waals surface area contributed by atoms with Crippen molar-refractivity contribution in [1.29, 1.82) is 0 Å². The van der Waals surface area contributed by atoms with Crippen LogP contribution >= 0.6 is 0 Å². The topological polar surface area (TPSA) is 77.4 Å².